The second kappa shape index (κ2) is 4.77. The van der Waals surface area contributed by atoms with Crippen molar-refractivity contribution < 1.29 is 4.79 Å². The van der Waals surface area contributed by atoms with E-state index < -0.39 is 5.41 Å². The molecule has 0 unspecified atom stereocenters. The summed E-state index contributed by atoms with van der Waals surface area (Å²) in [5, 5.41) is 12.0. The Bertz CT molecular complexity index is 498. The van der Waals surface area contributed by atoms with Gasteiger partial charge in [0.2, 0.25) is 5.91 Å². The first-order valence-corrected chi connectivity index (χ1v) is 6.17. The average molecular weight is 243 g/mol. The minimum absolute atomic E-state index is 0.159. The SMILES string of the molecule is Cc1cccnc1CNC(=O)C1(C#N)CC(C)C1. The highest BCUT2D eigenvalue weighted by Crippen LogP contribution is 2.45. The predicted octanol–water partition coefficient (Wildman–Crippen LogP) is 1.95. The number of hydrogen-bond donors (Lipinski definition) is 1. The van der Waals surface area contributed by atoms with Crippen LogP contribution in [0.15, 0.2) is 18.3 Å². The number of pyridine rings is 1. The van der Waals surface area contributed by atoms with Crippen molar-refractivity contribution in [3.63, 3.8) is 0 Å². The van der Waals surface area contributed by atoms with Crippen LogP contribution in [0.3, 0.4) is 0 Å². The number of nitriles is 1. The van der Waals surface area contributed by atoms with Gasteiger partial charge in [0.1, 0.15) is 5.41 Å². The van der Waals surface area contributed by atoms with E-state index in [9.17, 15) is 4.79 Å². The summed E-state index contributed by atoms with van der Waals surface area (Å²) in [6, 6.07) is 5.99. The van der Waals surface area contributed by atoms with Gasteiger partial charge in [-0.1, -0.05) is 13.0 Å². The number of carbonyl (C=O) groups is 1. The molecule has 1 N–H and O–H groups in total. The summed E-state index contributed by atoms with van der Waals surface area (Å²) in [5.41, 5.74) is 1.10. The number of hydrogen-bond acceptors (Lipinski definition) is 3. The monoisotopic (exact) mass is 243 g/mol. The van der Waals surface area contributed by atoms with Crippen molar-refractivity contribution in [1.29, 1.82) is 5.26 Å². The molecule has 4 nitrogen and oxygen atoms in total. The minimum Gasteiger partial charge on any atom is -0.349 e. The van der Waals surface area contributed by atoms with Crippen molar-refractivity contribution in [2.75, 3.05) is 0 Å². The van der Waals surface area contributed by atoms with Crippen LogP contribution in [0.4, 0.5) is 0 Å². The zero-order valence-corrected chi connectivity index (χ0v) is 10.7. The van der Waals surface area contributed by atoms with Crippen LogP contribution in [-0.4, -0.2) is 10.9 Å². The molecule has 18 heavy (non-hydrogen) atoms. The Kier molecular flexibility index (Phi) is 3.33. The Morgan fingerprint density at radius 1 is 1.67 bits per heavy atom. The summed E-state index contributed by atoms with van der Waals surface area (Å²) < 4.78 is 0. The van der Waals surface area contributed by atoms with E-state index in [0.29, 0.717) is 25.3 Å². The number of rotatable bonds is 3. The summed E-state index contributed by atoms with van der Waals surface area (Å²) >= 11 is 0. The molecule has 0 radical (unpaired) electrons. The molecule has 1 aromatic heterocycles. The zero-order chi connectivity index (χ0) is 13.2. The summed E-state index contributed by atoms with van der Waals surface area (Å²) in [4.78, 5) is 16.3. The van der Waals surface area contributed by atoms with Crippen molar-refractivity contribution in [2.45, 2.75) is 33.2 Å². The van der Waals surface area contributed by atoms with Gasteiger partial charge in [0.05, 0.1) is 18.3 Å². The van der Waals surface area contributed by atoms with Crippen LogP contribution in [0.5, 0.6) is 0 Å². The van der Waals surface area contributed by atoms with Gasteiger partial charge in [0, 0.05) is 6.20 Å². The molecule has 1 heterocycles. The molecule has 1 aliphatic rings. The summed E-state index contributed by atoms with van der Waals surface area (Å²) in [7, 11) is 0. The van der Waals surface area contributed by atoms with Crippen LogP contribution >= 0.6 is 0 Å². The third-order valence-electron chi connectivity index (χ3n) is 3.58. The van der Waals surface area contributed by atoms with Crippen molar-refractivity contribution in [2.24, 2.45) is 11.3 Å². The molecule has 1 aromatic rings. The number of amides is 1. The first-order valence-electron chi connectivity index (χ1n) is 6.17. The van der Waals surface area contributed by atoms with Crippen LogP contribution in [0.25, 0.3) is 0 Å². The fourth-order valence-corrected chi connectivity index (χ4v) is 2.49. The molecule has 2 rings (SSSR count). The van der Waals surface area contributed by atoms with Gasteiger partial charge in [-0.15, -0.1) is 0 Å². The van der Waals surface area contributed by atoms with E-state index in [-0.39, 0.29) is 5.91 Å². The van der Waals surface area contributed by atoms with Gasteiger partial charge in [-0.2, -0.15) is 5.26 Å². The van der Waals surface area contributed by atoms with Crippen LogP contribution < -0.4 is 5.32 Å². The topological polar surface area (TPSA) is 65.8 Å². The molecule has 1 amide bonds. The van der Waals surface area contributed by atoms with E-state index in [1.54, 1.807) is 6.20 Å². The van der Waals surface area contributed by atoms with Gasteiger partial charge in [-0.25, -0.2) is 0 Å². The van der Waals surface area contributed by atoms with Crippen molar-refractivity contribution in [3.05, 3.63) is 29.6 Å². The Morgan fingerprint density at radius 2 is 2.39 bits per heavy atom. The first kappa shape index (κ1) is 12.6. The minimum atomic E-state index is -0.803. The van der Waals surface area contributed by atoms with Crippen molar-refractivity contribution in [3.8, 4) is 6.07 Å². The molecule has 94 valence electrons. The first-order chi connectivity index (χ1) is 8.57. The smallest absolute Gasteiger partial charge is 0.240 e. The van der Waals surface area contributed by atoms with Gasteiger partial charge >= 0.3 is 0 Å². The van der Waals surface area contributed by atoms with E-state index in [1.165, 1.54) is 0 Å². The highest BCUT2D eigenvalue weighted by Gasteiger charge is 2.48. The second-order valence-corrected chi connectivity index (χ2v) is 5.16. The average Bonchev–Trinajstić information content (AvgIpc) is 2.33. The normalized spacial score (nSPS) is 25.9. The van der Waals surface area contributed by atoms with Crippen molar-refractivity contribution >= 4 is 5.91 Å². The molecular weight excluding hydrogens is 226 g/mol. The summed E-state index contributed by atoms with van der Waals surface area (Å²) in [6.45, 7) is 4.41. The lowest BCUT2D eigenvalue weighted by Crippen LogP contribution is -2.48. The van der Waals surface area contributed by atoms with Gasteiger partial charge < -0.3 is 5.32 Å². The van der Waals surface area contributed by atoms with Gasteiger partial charge in [0.15, 0.2) is 0 Å². The van der Waals surface area contributed by atoms with Crippen molar-refractivity contribution in [1.82, 2.24) is 10.3 Å². The fourth-order valence-electron chi connectivity index (χ4n) is 2.49. The number of aryl methyl sites for hydroxylation is 1. The lowest BCUT2D eigenvalue weighted by atomic mass is 9.63. The highest BCUT2D eigenvalue weighted by atomic mass is 16.2. The van der Waals surface area contributed by atoms with E-state index >= 15 is 0 Å². The van der Waals surface area contributed by atoms with Crippen LogP contribution in [0.1, 0.15) is 31.0 Å². The zero-order valence-electron chi connectivity index (χ0n) is 10.7. The summed E-state index contributed by atoms with van der Waals surface area (Å²) in [6.07, 6.45) is 3.03. The van der Waals surface area contributed by atoms with Crippen LogP contribution in [-0.2, 0) is 11.3 Å². The molecule has 0 saturated heterocycles. The Balaban J connectivity index is 1.97. The molecule has 0 atom stereocenters. The van der Waals surface area contributed by atoms with Gasteiger partial charge in [-0.05, 0) is 37.3 Å². The number of nitrogens with one attached hydrogen (secondary N) is 1. The van der Waals surface area contributed by atoms with E-state index in [2.05, 4.69) is 23.3 Å². The van der Waals surface area contributed by atoms with E-state index in [4.69, 9.17) is 5.26 Å². The quantitative estimate of drug-likeness (QED) is 0.882. The molecule has 4 heteroatoms. The predicted molar refractivity (Wildman–Crippen MR) is 67.3 cm³/mol. The van der Waals surface area contributed by atoms with E-state index in [0.717, 1.165) is 11.3 Å². The molecule has 0 spiro atoms. The largest absolute Gasteiger partial charge is 0.349 e. The standard InChI is InChI=1S/C14H17N3O/c1-10-6-14(7-10,9-15)13(18)17-8-12-11(2)4-3-5-16-12/h3-5,10H,6-8H2,1-2H3,(H,17,18). The fraction of sp³-hybridized carbons (Fsp3) is 0.500. The third kappa shape index (κ3) is 2.21. The molecule has 1 aliphatic carbocycles. The molecular formula is C14H17N3O. The Labute approximate surface area is 107 Å². The Hall–Kier alpha value is -1.89. The molecule has 1 fully saturated rings. The van der Waals surface area contributed by atoms with Crippen LogP contribution in [0.2, 0.25) is 0 Å². The lowest BCUT2D eigenvalue weighted by molar-refractivity contribution is -0.134. The highest BCUT2D eigenvalue weighted by molar-refractivity contribution is 5.86. The maximum absolute atomic E-state index is 12.0. The number of aromatic nitrogens is 1. The number of nitrogens with zero attached hydrogens (tertiary/aromatic N) is 2. The molecule has 1 saturated carbocycles. The van der Waals surface area contributed by atoms with Gasteiger partial charge in [-0.3, -0.25) is 9.78 Å². The maximum atomic E-state index is 12.0. The van der Waals surface area contributed by atoms with Gasteiger partial charge in [0.25, 0.3) is 0 Å². The van der Waals surface area contributed by atoms with Crippen LogP contribution in [0, 0.1) is 29.6 Å². The molecule has 0 bridgehead atoms. The molecule has 0 aromatic carbocycles. The van der Waals surface area contributed by atoms with E-state index in [1.807, 2.05) is 19.1 Å². The number of carbonyl (C=O) groups excluding carboxylic acids is 1. The Morgan fingerprint density at radius 3 is 2.94 bits per heavy atom. The maximum Gasteiger partial charge on any atom is 0.240 e. The molecule has 0 aliphatic heterocycles. The second-order valence-electron chi connectivity index (χ2n) is 5.16. The third-order valence-corrected chi connectivity index (χ3v) is 3.58. The summed E-state index contributed by atoms with van der Waals surface area (Å²) in [5.74, 6) is 0.306. The lowest BCUT2D eigenvalue weighted by Gasteiger charge is -2.39.